The van der Waals surface area contributed by atoms with Crippen molar-refractivity contribution in [3.8, 4) is 6.07 Å². The zero-order chi connectivity index (χ0) is 16.4. The van der Waals surface area contributed by atoms with Gasteiger partial charge < -0.3 is 5.73 Å². The number of hydrogen-bond acceptors (Lipinski definition) is 4. The maximum absolute atomic E-state index is 12.7. The predicted octanol–water partition coefficient (Wildman–Crippen LogP) is 2.40. The van der Waals surface area contributed by atoms with Gasteiger partial charge in [0, 0.05) is 12.1 Å². The lowest BCUT2D eigenvalue weighted by Gasteiger charge is -2.42. The van der Waals surface area contributed by atoms with Gasteiger partial charge in [-0.3, -0.25) is 0 Å². The molecule has 3 N–H and O–H groups in total. The van der Waals surface area contributed by atoms with Crippen molar-refractivity contribution < 1.29 is 8.42 Å². The van der Waals surface area contributed by atoms with Crippen LogP contribution in [0.1, 0.15) is 38.2 Å². The highest BCUT2D eigenvalue weighted by atomic mass is 35.5. The second-order valence-corrected chi connectivity index (χ2v) is 7.96. The van der Waals surface area contributed by atoms with Crippen molar-refractivity contribution in [2.75, 3.05) is 6.54 Å². The van der Waals surface area contributed by atoms with E-state index in [0.717, 1.165) is 25.7 Å². The predicted molar refractivity (Wildman–Crippen MR) is 85.9 cm³/mol. The molecule has 1 aromatic carbocycles. The third-order valence-electron chi connectivity index (χ3n) is 4.52. The fourth-order valence-corrected chi connectivity index (χ4v) is 4.71. The Morgan fingerprint density at radius 1 is 1.50 bits per heavy atom. The molecule has 0 spiro atoms. The van der Waals surface area contributed by atoms with Gasteiger partial charge in [-0.25, -0.2) is 13.1 Å². The second kappa shape index (κ2) is 6.55. The zero-order valence-corrected chi connectivity index (χ0v) is 14.0. The summed E-state index contributed by atoms with van der Waals surface area (Å²) >= 11 is 5.86. The number of benzene rings is 1. The molecule has 2 atom stereocenters. The van der Waals surface area contributed by atoms with Gasteiger partial charge in [0.1, 0.15) is 6.07 Å². The number of nitrogens with one attached hydrogen (secondary N) is 1. The van der Waals surface area contributed by atoms with E-state index in [4.69, 9.17) is 22.6 Å². The van der Waals surface area contributed by atoms with E-state index in [2.05, 4.69) is 4.72 Å². The summed E-state index contributed by atoms with van der Waals surface area (Å²) in [6.45, 7) is 2.28. The van der Waals surface area contributed by atoms with Crippen LogP contribution in [0.3, 0.4) is 0 Å². The van der Waals surface area contributed by atoms with Crippen molar-refractivity contribution in [1.82, 2.24) is 4.72 Å². The molecule has 0 radical (unpaired) electrons. The van der Waals surface area contributed by atoms with Crippen LogP contribution < -0.4 is 10.5 Å². The molecule has 7 heteroatoms. The highest BCUT2D eigenvalue weighted by Crippen LogP contribution is 2.34. The number of nitrogens with zero attached hydrogens (tertiary/aromatic N) is 1. The van der Waals surface area contributed by atoms with Crippen LogP contribution in [0.4, 0.5) is 0 Å². The van der Waals surface area contributed by atoms with E-state index in [1.54, 1.807) is 0 Å². The van der Waals surface area contributed by atoms with Crippen LogP contribution in [0.15, 0.2) is 23.1 Å². The fourth-order valence-electron chi connectivity index (χ4n) is 2.99. The van der Waals surface area contributed by atoms with E-state index in [9.17, 15) is 8.42 Å². The first-order valence-electron chi connectivity index (χ1n) is 7.28. The number of nitrogens with two attached hydrogens (primary N) is 1. The van der Waals surface area contributed by atoms with Crippen LogP contribution in [0, 0.1) is 17.2 Å². The topological polar surface area (TPSA) is 96.0 Å². The van der Waals surface area contributed by atoms with Crippen molar-refractivity contribution in [3.63, 3.8) is 0 Å². The normalized spacial score (nSPS) is 25.6. The van der Waals surface area contributed by atoms with Crippen molar-refractivity contribution in [2.24, 2.45) is 11.7 Å². The highest BCUT2D eigenvalue weighted by molar-refractivity contribution is 7.89. The van der Waals surface area contributed by atoms with Gasteiger partial charge in [0.25, 0.3) is 0 Å². The smallest absolute Gasteiger partial charge is 0.241 e. The van der Waals surface area contributed by atoms with Crippen molar-refractivity contribution in [2.45, 2.75) is 43.0 Å². The van der Waals surface area contributed by atoms with Crippen molar-refractivity contribution >= 4 is 21.6 Å². The lowest BCUT2D eigenvalue weighted by atomic mass is 9.74. The Hall–Kier alpha value is -1.13. The van der Waals surface area contributed by atoms with E-state index in [1.807, 2.05) is 13.0 Å². The van der Waals surface area contributed by atoms with Crippen LogP contribution in [0.25, 0.3) is 0 Å². The molecule has 0 aromatic heterocycles. The molecule has 2 unspecified atom stereocenters. The van der Waals surface area contributed by atoms with E-state index in [-0.39, 0.29) is 27.9 Å². The van der Waals surface area contributed by atoms with Gasteiger partial charge >= 0.3 is 0 Å². The molecule has 2 rings (SSSR count). The molecule has 0 bridgehead atoms. The molecule has 5 nitrogen and oxygen atoms in total. The number of hydrogen-bond donors (Lipinski definition) is 2. The fraction of sp³-hybridized carbons (Fsp3) is 0.533. The van der Waals surface area contributed by atoms with E-state index < -0.39 is 15.6 Å². The standard InChI is InChI=1S/C15H20ClN3O2S/c1-11-4-2-3-7-15(11,10-18)19-22(20,21)13-5-6-14(16)12(8-13)9-17/h5-6,8,11,19H,2-4,7,10,18H2,1H3. The summed E-state index contributed by atoms with van der Waals surface area (Å²) in [6.07, 6.45) is 3.71. The van der Waals surface area contributed by atoms with Gasteiger partial charge in [0.05, 0.1) is 15.5 Å². The van der Waals surface area contributed by atoms with Crippen LogP contribution in [-0.2, 0) is 10.0 Å². The monoisotopic (exact) mass is 341 g/mol. The minimum absolute atomic E-state index is 0.0408. The molecular weight excluding hydrogens is 322 g/mol. The van der Waals surface area contributed by atoms with E-state index in [1.165, 1.54) is 18.2 Å². The van der Waals surface area contributed by atoms with Crippen LogP contribution >= 0.6 is 11.6 Å². The average Bonchev–Trinajstić information content (AvgIpc) is 2.49. The number of sulfonamides is 1. The van der Waals surface area contributed by atoms with Gasteiger partial charge in [-0.2, -0.15) is 5.26 Å². The molecule has 1 aliphatic rings. The average molecular weight is 342 g/mol. The maximum atomic E-state index is 12.7. The third kappa shape index (κ3) is 3.28. The molecular formula is C15H20ClN3O2S. The number of rotatable bonds is 4. The van der Waals surface area contributed by atoms with E-state index in [0.29, 0.717) is 0 Å². The SMILES string of the molecule is CC1CCCCC1(CN)NS(=O)(=O)c1ccc(Cl)c(C#N)c1. The van der Waals surface area contributed by atoms with Crippen LogP contribution in [-0.4, -0.2) is 20.5 Å². The van der Waals surface area contributed by atoms with Crippen molar-refractivity contribution in [3.05, 3.63) is 28.8 Å². The summed E-state index contributed by atoms with van der Waals surface area (Å²) in [5.74, 6) is 0.170. The molecule has 120 valence electrons. The lowest BCUT2D eigenvalue weighted by molar-refractivity contribution is 0.191. The first kappa shape index (κ1) is 17.2. The van der Waals surface area contributed by atoms with Gasteiger partial charge in [-0.15, -0.1) is 0 Å². The second-order valence-electron chi connectivity index (χ2n) is 5.87. The summed E-state index contributed by atoms with van der Waals surface area (Å²) in [7, 11) is -3.75. The largest absolute Gasteiger partial charge is 0.329 e. The van der Waals surface area contributed by atoms with E-state index >= 15 is 0 Å². The molecule has 1 aliphatic carbocycles. The lowest BCUT2D eigenvalue weighted by Crippen LogP contribution is -2.58. The summed E-state index contributed by atoms with van der Waals surface area (Å²) < 4.78 is 28.1. The van der Waals surface area contributed by atoms with Gasteiger partial charge in [0.2, 0.25) is 10.0 Å². The first-order valence-corrected chi connectivity index (χ1v) is 9.14. The summed E-state index contributed by atoms with van der Waals surface area (Å²) in [5, 5.41) is 9.24. The minimum Gasteiger partial charge on any atom is -0.329 e. The molecule has 22 heavy (non-hydrogen) atoms. The van der Waals surface area contributed by atoms with Gasteiger partial charge in [0.15, 0.2) is 0 Å². The Labute approximate surface area is 136 Å². The molecule has 0 aliphatic heterocycles. The summed E-state index contributed by atoms with van der Waals surface area (Å²) in [5.41, 5.74) is 5.41. The maximum Gasteiger partial charge on any atom is 0.241 e. The Morgan fingerprint density at radius 3 is 2.82 bits per heavy atom. The van der Waals surface area contributed by atoms with Crippen LogP contribution in [0.5, 0.6) is 0 Å². The Bertz CT molecular complexity index is 699. The summed E-state index contributed by atoms with van der Waals surface area (Å²) in [6, 6.07) is 6.02. The Kier molecular flexibility index (Phi) is 5.13. The van der Waals surface area contributed by atoms with Gasteiger partial charge in [-0.05, 0) is 37.0 Å². The minimum atomic E-state index is -3.75. The third-order valence-corrected chi connectivity index (χ3v) is 6.40. The molecule has 1 aromatic rings. The Balaban J connectivity index is 2.36. The molecule has 0 amide bonds. The van der Waals surface area contributed by atoms with Gasteiger partial charge in [-0.1, -0.05) is 31.4 Å². The molecule has 1 fully saturated rings. The van der Waals surface area contributed by atoms with Crippen molar-refractivity contribution in [1.29, 1.82) is 5.26 Å². The first-order chi connectivity index (χ1) is 10.3. The zero-order valence-electron chi connectivity index (χ0n) is 12.5. The Morgan fingerprint density at radius 2 is 2.23 bits per heavy atom. The number of halogens is 1. The quantitative estimate of drug-likeness (QED) is 0.878. The highest BCUT2D eigenvalue weighted by Gasteiger charge is 2.40. The molecule has 0 heterocycles. The molecule has 1 saturated carbocycles. The summed E-state index contributed by atoms with van der Waals surface area (Å²) in [4.78, 5) is 0.0408. The molecule has 0 saturated heterocycles. The van der Waals surface area contributed by atoms with Crippen LogP contribution in [0.2, 0.25) is 5.02 Å². The number of nitriles is 1.